The number of halogens is 3. The summed E-state index contributed by atoms with van der Waals surface area (Å²) < 4.78 is 0. The first-order valence-corrected chi connectivity index (χ1v) is 7.94. The Morgan fingerprint density at radius 2 is 1.33 bits per heavy atom. The summed E-state index contributed by atoms with van der Waals surface area (Å²) in [7, 11) is 0. The van der Waals surface area contributed by atoms with Crippen LogP contribution in [-0.4, -0.2) is 16.9 Å². The third kappa shape index (κ3) is 5.62. The van der Waals surface area contributed by atoms with Crippen LogP contribution in [-0.2, 0) is 0 Å². The van der Waals surface area contributed by atoms with Crippen LogP contribution in [0.1, 0.15) is 27.6 Å². The SMILES string of the molecule is CC(=O)c1ccccc1Cl.O=C(CBr)c1ccccc1Cl. The zero-order valence-electron chi connectivity index (χ0n) is 11.3. The van der Waals surface area contributed by atoms with Gasteiger partial charge in [0.25, 0.3) is 0 Å². The maximum atomic E-state index is 11.1. The lowest BCUT2D eigenvalue weighted by Crippen LogP contribution is -1.99. The average Bonchev–Trinajstić information content (AvgIpc) is 2.48. The number of carbonyl (C=O) groups is 2. The van der Waals surface area contributed by atoms with Crippen LogP contribution in [0, 0.1) is 0 Å². The smallest absolute Gasteiger partial charge is 0.174 e. The fraction of sp³-hybridized carbons (Fsp3) is 0.125. The molecule has 0 saturated carbocycles. The summed E-state index contributed by atoms with van der Waals surface area (Å²) in [5.41, 5.74) is 1.16. The molecule has 110 valence electrons. The van der Waals surface area contributed by atoms with Gasteiger partial charge in [0.05, 0.1) is 15.4 Å². The lowest BCUT2D eigenvalue weighted by molar-refractivity contribution is 0.101. The monoisotopic (exact) mass is 386 g/mol. The number of hydrogen-bond acceptors (Lipinski definition) is 2. The Morgan fingerprint density at radius 1 is 0.905 bits per heavy atom. The largest absolute Gasteiger partial charge is 0.294 e. The second-order valence-corrected chi connectivity index (χ2v) is 5.45. The van der Waals surface area contributed by atoms with Crippen molar-refractivity contribution < 1.29 is 9.59 Å². The van der Waals surface area contributed by atoms with Crippen molar-refractivity contribution in [2.45, 2.75) is 6.92 Å². The minimum atomic E-state index is 0.00519. The first-order chi connectivity index (χ1) is 9.97. The lowest BCUT2D eigenvalue weighted by atomic mass is 10.1. The summed E-state index contributed by atoms with van der Waals surface area (Å²) in [5.74, 6) is 0.0150. The van der Waals surface area contributed by atoms with Gasteiger partial charge in [-0.3, -0.25) is 9.59 Å². The van der Waals surface area contributed by atoms with E-state index in [1.807, 2.05) is 0 Å². The molecule has 0 spiro atoms. The number of alkyl halides is 1. The summed E-state index contributed by atoms with van der Waals surface area (Å²) in [4.78, 5) is 21.9. The van der Waals surface area contributed by atoms with Crippen LogP contribution in [0.15, 0.2) is 48.5 Å². The van der Waals surface area contributed by atoms with E-state index in [9.17, 15) is 9.59 Å². The Balaban J connectivity index is 0.000000211. The standard InChI is InChI=1S/C8H6BrClO.C8H7ClO/c9-5-8(11)6-3-1-2-4-7(6)10;1-6(10)7-4-2-3-5-8(7)9/h1-4H,5H2;2-5H,1H3. The Hall–Kier alpha value is -1.16. The lowest BCUT2D eigenvalue weighted by Gasteiger charge is -1.97. The molecule has 0 aliphatic carbocycles. The molecule has 2 aromatic rings. The molecule has 2 aromatic carbocycles. The molecule has 0 heterocycles. The molecule has 0 unspecified atom stereocenters. The van der Waals surface area contributed by atoms with Crippen LogP contribution < -0.4 is 0 Å². The van der Waals surface area contributed by atoms with Gasteiger partial charge < -0.3 is 0 Å². The predicted molar refractivity (Wildman–Crippen MR) is 91.0 cm³/mol. The van der Waals surface area contributed by atoms with E-state index in [4.69, 9.17) is 23.2 Å². The molecule has 0 saturated heterocycles. The van der Waals surface area contributed by atoms with Crippen LogP contribution in [0.25, 0.3) is 0 Å². The Bertz CT molecular complexity index is 642. The van der Waals surface area contributed by atoms with Crippen LogP contribution in [0.5, 0.6) is 0 Å². The summed E-state index contributed by atoms with van der Waals surface area (Å²) in [6.45, 7) is 1.50. The van der Waals surface area contributed by atoms with Crippen molar-refractivity contribution in [3.05, 3.63) is 69.7 Å². The molecule has 2 rings (SSSR count). The first-order valence-electron chi connectivity index (χ1n) is 6.06. The van der Waals surface area contributed by atoms with Crippen molar-refractivity contribution in [3.8, 4) is 0 Å². The number of hydrogen-bond donors (Lipinski definition) is 0. The van der Waals surface area contributed by atoms with Gasteiger partial charge in [-0.1, -0.05) is 63.4 Å². The van der Waals surface area contributed by atoms with Crippen molar-refractivity contribution in [1.29, 1.82) is 0 Å². The van der Waals surface area contributed by atoms with E-state index in [1.54, 1.807) is 48.5 Å². The van der Waals surface area contributed by atoms with E-state index in [1.165, 1.54) is 6.92 Å². The minimum Gasteiger partial charge on any atom is -0.294 e. The van der Waals surface area contributed by atoms with Crippen LogP contribution in [0.4, 0.5) is 0 Å². The molecular formula is C16H13BrCl2O2. The van der Waals surface area contributed by atoms with Gasteiger partial charge in [-0.15, -0.1) is 0 Å². The highest BCUT2D eigenvalue weighted by atomic mass is 79.9. The third-order valence-corrected chi connectivity index (χ3v) is 3.72. The van der Waals surface area contributed by atoms with Crippen molar-refractivity contribution in [3.63, 3.8) is 0 Å². The van der Waals surface area contributed by atoms with E-state index in [0.717, 1.165) is 0 Å². The van der Waals surface area contributed by atoms with Gasteiger partial charge >= 0.3 is 0 Å². The Kier molecular flexibility index (Phi) is 7.65. The molecule has 0 aliphatic heterocycles. The van der Waals surface area contributed by atoms with E-state index < -0.39 is 0 Å². The molecule has 0 amide bonds. The highest BCUT2D eigenvalue weighted by molar-refractivity contribution is 9.09. The van der Waals surface area contributed by atoms with Crippen LogP contribution >= 0.6 is 39.1 Å². The first kappa shape index (κ1) is 17.9. The topological polar surface area (TPSA) is 34.1 Å². The second kappa shape index (κ2) is 8.98. The second-order valence-electron chi connectivity index (χ2n) is 4.07. The minimum absolute atomic E-state index is 0.00519. The van der Waals surface area contributed by atoms with E-state index in [-0.39, 0.29) is 11.6 Å². The molecular weight excluding hydrogens is 375 g/mol. The van der Waals surface area contributed by atoms with E-state index in [2.05, 4.69) is 15.9 Å². The number of rotatable bonds is 3. The van der Waals surface area contributed by atoms with Crippen molar-refractivity contribution in [1.82, 2.24) is 0 Å². The maximum absolute atomic E-state index is 11.1. The average molecular weight is 388 g/mol. The highest BCUT2D eigenvalue weighted by Gasteiger charge is 2.06. The van der Waals surface area contributed by atoms with Gasteiger partial charge in [0, 0.05) is 11.1 Å². The van der Waals surface area contributed by atoms with Crippen molar-refractivity contribution in [2.24, 2.45) is 0 Å². The molecule has 0 fully saturated rings. The Morgan fingerprint density at radius 3 is 1.67 bits per heavy atom. The molecule has 2 nitrogen and oxygen atoms in total. The van der Waals surface area contributed by atoms with Gasteiger partial charge in [-0.25, -0.2) is 0 Å². The maximum Gasteiger partial charge on any atom is 0.174 e. The fourth-order valence-electron chi connectivity index (χ4n) is 1.51. The number of ketones is 2. The molecule has 0 aromatic heterocycles. The van der Waals surface area contributed by atoms with Gasteiger partial charge in [-0.05, 0) is 31.2 Å². The number of Topliss-reactive ketones (excluding diaryl/α,β-unsaturated/α-hetero) is 2. The zero-order chi connectivity index (χ0) is 15.8. The number of benzene rings is 2. The quantitative estimate of drug-likeness (QED) is 0.517. The van der Waals surface area contributed by atoms with Crippen molar-refractivity contribution in [2.75, 3.05) is 5.33 Å². The van der Waals surface area contributed by atoms with Crippen molar-refractivity contribution >= 4 is 50.7 Å². The van der Waals surface area contributed by atoms with Gasteiger partial charge in [0.15, 0.2) is 11.6 Å². The molecule has 0 radical (unpaired) electrons. The van der Waals surface area contributed by atoms with Crippen LogP contribution in [0.3, 0.4) is 0 Å². The van der Waals surface area contributed by atoms with Gasteiger partial charge in [0.2, 0.25) is 0 Å². The summed E-state index contributed by atoms with van der Waals surface area (Å²) in [5, 5.41) is 1.35. The van der Waals surface area contributed by atoms with Gasteiger partial charge in [-0.2, -0.15) is 0 Å². The summed E-state index contributed by atoms with van der Waals surface area (Å²) in [6.07, 6.45) is 0. The predicted octanol–water partition coefficient (Wildman–Crippen LogP) is 5.46. The molecule has 21 heavy (non-hydrogen) atoms. The van der Waals surface area contributed by atoms with Crippen LogP contribution in [0.2, 0.25) is 10.0 Å². The fourth-order valence-corrected chi connectivity index (χ4v) is 2.32. The highest BCUT2D eigenvalue weighted by Crippen LogP contribution is 2.16. The van der Waals surface area contributed by atoms with E-state index in [0.29, 0.717) is 26.5 Å². The molecule has 0 atom stereocenters. The molecule has 0 bridgehead atoms. The summed E-state index contributed by atoms with van der Waals surface area (Å²) in [6, 6.07) is 14.0. The molecule has 5 heteroatoms. The third-order valence-electron chi connectivity index (χ3n) is 2.55. The Labute approximate surface area is 142 Å². The normalized spacial score (nSPS) is 9.52. The number of carbonyl (C=O) groups excluding carboxylic acids is 2. The summed E-state index contributed by atoms with van der Waals surface area (Å²) >= 11 is 14.5. The van der Waals surface area contributed by atoms with Gasteiger partial charge in [0.1, 0.15) is 0 Å². The zero-order valence-corrected chi connectivity index (χ0v) is 14.4. The van der Waals surface area contributed by atoms with E-state index >= 15 is 0 Å². The molecule has 0 aliphatic rings. The molecule has 0 N–H and O–H groups in total.